The number of halogens is 3. The summed E-state index contributed by atoms with van der Waals surface area (Å²) in [5.74, 6) is 1.40. The highest BCUT2D eigenvalue weighted by Gasteiger charge is 2.34. The lowest BCUT2D eigenvalue weighted by molar-refractivity contribution is 0.281. The number of nitrogens with zero attached hydrogens (tertiary/aromatic N) is 6. The Morgan fingerprint density at radius 3 is 2.19 bits per heavy atom. The van der Waals surface area contributed by atoms with Crippen LogP contribution in [0.1, 0.15) is 36.6 Å². The third kappa shape index (κ3) is 6.57. The number of ether oxygens (including phenoxy) is 3. The van der Waals surface area contributed by atoms with E-state index in [-0.39, 0.29) is 29.2 Å². The molecular weight excluding hydrogens is 646 g/mol. The molecule has 0 fully saturated rings. The van der Waals surface area contributed by atoms with Gasteiger partial charge < -0.3 is 24.0 Å². The molecule has 9 nitrogen and oxygen atoms in total. The highest BCUT2D eigenvalue weighted by Crippen LogP contribution is 2.43. The molecule has 0 saturated carbocycles. The minimum Gasteiger partial charge on any atom is -0.497 e. The number of anilines is 2. The first-order valence-electron chi connectivity index (χ1n) is 14.9. The summed E-state index contributed by atoms with van der Waals surface area (Å²) in [4.78, 5) is 22.2. The molecule has 0 N–H and O–H groups in total. The van der Waals surface area contributed by atoms with E-state index in [9.17, 15) is 0 Å². The molecule has 47 heavy (non-hydrogen) atoms. The lowest BCUT2D eigenvalue weighted by atomic mass is 10.0. The van der Waals surface area contributed by atoms with Gasteiger partial charge in [0.2, 0.25) is 5.88 Å². The van der Waals surface area contributed by atoms with Crippen molar-refractivity contribution < 1.29 is 23.0 Å². The molecule has 0 saturated heterocycles. The quantitative estimate of drug-likeness (QED) is 0.0834. The van der Waals surface area contributed by atoms with Crippen molar-refractivity contribution in [2.45, 2.75) is 44.2 Å². The van der Waals surface area contributed by atoms with Gasteiger partial charge in [-0.25, -0.2) is 23.7 Å². The summed E-state index contributed by atoms with van der Waals surface area (Å²) in [6.45, 7) is 5.05. The molecule has 13 heteroatoms. The molecule has 2 aromatic carbocycles. The zero-order valence-corrected chi connectivity index (χ0v) is 28.1. The van der Waals surface area contributed by atoms with Crippen LogP contribution in [0.15, 0.2) is 66.0 Å². The largest absolute Gasteiger partial charge is 0.497 e. The van der Waals surface area contributed by atoms with Crippen molar-refractivity contribution in [1.29, 1.82) is 0 Å². The van der Waals surface area contributed by atoms with Gasteiger partial charge in [-0.05, 0) is 61.6 Å². The summed E-state index contributed by atoms with van der Waals surface area (Å²) in [6.07, 6.45) is 3.03. The number of aromatic nitrogens is 4. The zero-order valence-electron chi connectivity index (χ0n) is 26.5. The van der Waals surface area contributed by atoms with Crippen molar-refractivity contribution in [3.63, 3.8) is 0 Å². The third-order valence-corrected chi connectivity index (χ3v) is 8.93. The molecule has 0 spiro atoms. The second kappa shape index (κ2) is 13.7. The van der Waals surface area contributed by atoms with Crippen molar-refractivity contribution in [1.82, 2.24) is 19.9 Å². The predicted octanol–water partition coefficient (Wildman–Crippen LogP) is 7.65. The highest BCUT2D eigenvalue weighted by molar-refractivity contribution is 7.98. The van der Waals surface area contributed by atoms with E-state index in [1.54, 1.807) is 14.2 Å². The first-order chi connectivity index (χ1) is 22.7. The van der Waals surface area contributed by atoms with Gasteiger partial charge in [-0.1, -0.05) is 47.6 Å². The van der Waals surface area contributed by atoms with Crippen molar-refractivity contribution in [3.05, 3.63) is 94.3 Å². The molecule has 0 radical (unpaired) electrons. The Morgan fingerprint density at radius 2 is 1.62 bits per heavy atom. The molecule has 0 aliphatic carbocycles. The van der Waals surface area contributed by atoms with Crippen LogP contribution in [-0.4, -0.2) is 53.1 Å². The number of thioether (sulfide) groups is 1. The minimum absolute atomic E-state index is 0.0129. The smallest absolute Gasteiger partial charge is 0.228 e. The van der Waals surface area contributed by atoms with Crippen LogP contribution in [0, 0.1) is 11.6 Å². The van der Waals surface area contributed by atoms with Crippen LogP contribution in [-0.2, 0) is 13.1 Å². The van der Waals surface area contributed by atoms with Crippen molar-refractivity contribution in [2.24, 2.45) is 0 Å². The maximum Gasteiger partial charge on any atom is 0.228 e. The van der Waals surface area contributed by atoms with Gasteiger partial charge in [0.05, 0.1) is 32.5 Å². The second-order valence-corrected chi connectivity index (χ2v) is 12.3. The van der Waals surface area contributed by atoms with Crippen LogP contribution in [0.4, 0.5) is 20.4 Å². The Morgan fingerprint density at radius 1 is 1.00 bits per heavy atom. The topological polar surface area (TPSA) is 85.7 Å². The van der Waals surface area contributed by atoms with Gasteiger partial charge in [-0.2, -0.15) is 4.98 Å². The molecule has 1 aliphatic rings. The maximum atomic E-state index is 15.4. The van der Waals surface area contributed by atoms with Gasteiger partial charge in [0.25, 0.3) is 0 Å². The zero-order chi connectivity index (χ0) is 33.2. The number of hydrogen-bond donors (Lipinski definition) is 0. The van der Waals surface area contributed by atoms with E-state index in [4.69, 9.17) is 30.8 Å². The molecule has 0 bridgehead atoms. The molecule has 0 unspecified atom stereocenters. The SMILES string of the molecule is COc1ccc(CN(Cc2ccc(OC)cc2)c2ncc(F)cc2[C@@H](C)N2c3nc(SC)nc4c(F)c(Cl)nc(c34)OC[C@@H]2C)cc1. The summed E-state index contributed by atoms with van der Waals surface area (Å²) in [5.41, 5.74) is 2.64. The number of pyridine rings is 2. The summed E-state index contributed by atoms with van der Waals surface area (Å²) in [6, 6.07) is 16.3. The average molecular weight is 679 g/mol. The molecule has 4 heterocycles. The van der Waals surface area contributed by atoms with Gasteiger partial charge in [0, 0.05) is 18.7 Å². The molecule has 5 aromatic rings. The van der Waals surface area contributed by atoms with Gasteiger partial charge in [-0.3, -0.25) is 0 Å². The Labute approximate surface area is 280 Å². The Kier molecular flexibility index (Phi) is 9.51. The number of methoxy groups -OCH3 is 2. The standard InChI is InChI=1S/C34H33ClF2N6O3S/c1-19-18-46-33-27-29(28(37)30(35)40-33)39-34(47-5)41-32(27)43(19)20(2)26-14-23(36)15-38-31(26)42(16-21-6-10-24(44-3)11-7-21)17-22-8-12-25(45-4)13-9-22/h6-15,19-20H,16-18H2,1-5H3/t19-,20+/m0/s1. The fourth-order valence-corrected chi connectivity index (χ4v) is 6.32. The van der Waals surface area contributed by atoms with Gasteiger partial charge in [0.1, 0.15) is 46.5 Å². The van der Waals surface area contributed by atoms with E-state index in [1.807, 2.05) is 73.5 Å². The van der Waals surface area contributed by atoms with Crippen molar-refractivity contribution >= 4 is 45.9 Å². The normalized spacial score (nSPS) is 14.8. The van der Waals surface area contributed by atoms with E-state index >= 15 is 8.78 Å². The van der Waals surface area contributed by atoms with Crippen molar-refractivity contribution in [3.8, 4) is 17.4 Å². The van der Waals surface area contributed by atoms with Crippen molar-refractivity contribution in [2.75, 3.05) is 36.9 Å². The predicted molar refractivity (Wildman–Crippen MR) is 180 cm³/mol. The molecular formula is C34H33ClF2N6O3S. The Hall–Kier alpha value is -4.42. The monoisotopic (exact) mass is 678 g/mol. The van der Waals surface area contributed by atoms with Gasteiger partial charge >= 0.3 is 0 Å². The second-order valence-electron chi connectivity index (χ2n) is 11.1. The Balaban J connectivity index is 1.48. The van der Waals surface area contributed by atoms with E-state index < -0.39 is 17.7 Å². The first kappa shape index (κ1) is 32.5. The fraction of sp³-hybridized carbons (Fsp3) is 0.294. The minimum atomic E-state index is -0.756. The lowest BCUT2D eigenvalue weighted by Crippen LogP contribution is -2.40. The van der Waals surface area contributed by atoms with Gasteiger partial charge in [0.15, 0.2) is 16.1 Å². The van der Waals surface area contributed by atoms with Crippen LogP contribution in [0.3, 0.4) is 0 Å². The Bertz CT molecular complexity index is 1850. The van der Waals surface area contributed by atoms with E-state index in [0.29, 0.717) is 40.8 Å². The number of hydrogen-bond acceptors (Lipinski definition) is 10. The van der Waals surface area contributed by atoms with Crippen LogP contribution < -0.4 is 24.0 Å². The van der Waals surface area contributed by atoms with Crippen LogP contribution in [0.5, 0.6) is 17.4 Å². The highest BCUT2D eigenvalue weighted by atomic mass is 35.5. The van der Waals surface area contributed by atoms with Crippen LogP contribution >= 0.6 is 23.4 Å². The summed E-state index contributed by atoms with van der Waals surface area (Å²) in [7, 11) is 3.25. The summed E-state index contributed by atoms with van der Waals surface area (Å²) >= 11 is 7.43. The first-order valence-corrected chi connectivity index (χ1v) is 16.5. The summed E-state index contributed by atoms with van der Waals surface area (Å²) < 4.78 is 47.3. The van der Waals surface area contributed by atoms with Crippen LogP contribution in [0.25, 0.3) is 10.9 Å². The third-order valence-electron chi connectivity index (χ3n) is 8.13. The number of rotatable bonds is 10. The van der Waals surface area contributed by atoms with Gasteiger partial charge in [-0.15, -0.1) is 0 Å². The molecule has 244 valence electrons. The molecule has 2 atom stereocenters. The van der Waals surface area contributed by atoms with E-state index in [0.717, 1.165) is 22.6 Å². The molecule has 1 aliphatic heterocycles. The fourth-order valence-electron chi connectivity index (χ4n) is 5.79. The molecule has 6 rings (SSSR count). The van der Waals surface area contributed by atoms with Crippen LogP contribution in [0.2, 0.25) is 5.15 Å². The molecule has 0 amide bonds. The lowest BCUT2D eigenvalue weighted by Gasteiger charge is -2.37. The van der Waals surface area contributed by atoms with E-state index in [2.05, 4.69) is 19.9 Å². The maximum absolute atomic E-state index is 15.4. The molecule has 3 aromatic heterocycles. The average Bonchev–Trinajstić information content (AvgIpc) is 3.22. The van der Waals surface area contributed by atoms with E-state index in [1.165, 1.54) is 24.0 Å². The number of benzene rings is 2. The summed E-state index contributed by atoms with van der Waals surface area (Å²) in [5, 5.41) is 0.326.